The van der Waals surface area contributed by atoms with E-state index in [2.05, 4.69) is 44.7 Å². The number of nitrogens with zero attached hydrogens (tertiary/aromatic N) is 6. The number of pyridine rings is 1. The van der Waals surface area contributed by atoms with Crippen LogP contribution >= 0.6 is 11.6 Å². The second-order valence-corrected chi connectivity index (χ2v) is 9.56. The van der Waals surface area contributed by atoms with Crippen molar-refractivity contribution in [2.24, 2.45) is 0 Å². The molecule has 1 fully saturated rings. The lowest BCUT2D eigenvalue weighted by Crippen LogP contribution is -2.29. The molecule has 1 aliphatic rings. The zero-order valence-electron chi connectivity index (χ0n) is 20.0. The minimum absolute atomic E-state index is 0.0173. The first kappa shape index (κ1) is 23.5. The van der Waals surface area contributed by atoms with Crippen LogP contribution in [0.1, 0.15) is 69.2 Å². The number of halogens is 1. The molecule has 1 aliphatic carbocycles. The predicted octanol–water partition coefficient (Wildman–Crippen LogP) is 5.44. The van der Waals surface area contributed by atoms with Crippen molar-refractivity contribution < 1.29 is 0 Å². The molecule has 3 aromatic heterocycles. The van der Waals surface area contributed by atoms with Gasteiger partial charge in [-0.05, 0) is 48.1 Å². The largest absolute Gasteiger partial charge is 0.330 e. The van der Waals surface area contributed by atoms with Crippen LogP contribution in [0.3, 0.4) is 0 Å². The molecule has 0 atom stereocenters. The molecule has 4 aromatic rings. The monoisotopic (exact) mass is 491 g/mol. The Hall–Kier alpha value is -3.26. The Balaban J connectivity index is 1.45. The number of hydrogen-bond donors (Lipinski definition) is 1. The van der Waals surface area contributed by atoms with Gasteiger partial charge in [0.25, 0.3) is 0 Å². The fourth-order valence-electron chi connectivity index (χ4n) is 5.03. The molecule has 5 rings (SSSR count). The number of hydrogen-bond acceptors (Lipinski definition) is 5. The number of benzene rings is 1. The van der Waals surface area contributed by atoms with Crippen LogP contribution in [-0.2, 0) is 13.0 Å². The predicted molar refractivity (Wildman–Crippen MR) is 136 cm³/mol. The number of imidazole rings is 1. The molecule has 1 N–H and O–H groups in total. The summed E-state index contributed by atoms with van der Waals surface area (Å²) in [6.45, 7) is 2.66. The molecule has 0 spiro atoms. The van der Waals surface area contributed by atoms with Crippen LogP contribution < -0.4 is 5.69 Å². The van der Waals surface area contributed by atoms with E-state index in [0.29, 0.717) is 23.2 Å². The number of aromatic nitrogens is 7. The second kappa shape index (κ2) is 10.6. The van der Waals surface area contributed by atoms with Gasteiger partial charge in [0.05, 0.1) is 12.2 Å². The minimum Gasteiger partial charge on any atom is -0.290 e. The lowest BCUT2D eigenvalue weighted by molar-refractivity contribution is 0.344. The van der Waals surface area contributed by atoms with Crippen molar-refractivity contribution >= 4 is 11.6 Å². The van der Waals surface area contributed by atoms with E-state index >= 15 is 0 Å². The maximum absolute atomic E-state index is 13.6. The van der Waals surface area contributed by atoms with Crippen molar-refractivity contribution in [2.45, 2.75) is 70.9 Å². The van der Waals surface area contributed by atoms with E-state index < -0.39 is 0 Å². The normalized spacial score (nSPS) is 14.5. The average molecular weight is 492 g/mol. The summed E-state index contributed by atoms with van der Waals surface area (Å²) in [5.41, 5.74) is 4.62. The lowest BCUT2D eigenvalue weighted by atomic mass is 9.95. The first-order valence-electron chi connectivity index (χ1n) is 12.4. The van der Waals surface area contributed by atoms with E-state index in [0.717, 1.165) is 67.3 Å². The van der Waals surface area contributed by atoms with Crippen molar-refractivity contribution in [2.75, 3.05) is 0 Å². The van der Waals surface area contributed by atoms with Crippen molar-refractivity contribution in [3.63, 3.8) is 0 Å². The maximum atomic E-state index is 13.6. The van der Waals surface area contributed by atoms with Gasteiger partial charge in [0.1, 0.15) is 10.8 Å². The molecule has 0 bridgehead atoms. The van der Waals surface area contributed by atoms with Crippen molar-refractivity contribution in [3.05, 3.63) is 69.5 Å². The molecule has 1 saturated carbocycles. The van der Waals surface area contributed by atoms with Crippen LogP contribution in [0.5, 0.6) is 0 Å². The zero-order valence-corrected chi connectivity index (χ0v) is 20.7. The van der Waals surface area contributed by atoms with E-state index in [1.165, 1.54) is 6.42 Å². The van der Waals surface area contributed by atoms with Gasteiger partial charge in [0.15, 0.2) is 0 Å². The Labute approximate surface area is 209 Å². The highest BCUT2D eigenvalue weighted by Crippen LogP contribution is 2.32. The van der Waals surface area contributed by atoms with Gasteiger partial charge in [-0.15, -0.1) is 10.2 Å². The molecule has 0 aliphatic heterocycles. The third-order valence-corrected chi connectivity index (χ3v) is 7.29. The topological polar surface area (TPSA) is 94.3 Å². The Bertz CT molecular complexity index is 1320. The van der Waals surface area contributed by atoms with Crippen LogP contribution in [0.4, 0.5) is 0 Å². The van der Waals surface area contributed by atoms with Gasteiger partial charge in [-0.1, -0.05) is 74.5 Å². The maximum Gasteiger partial charge on any atom is 0.330 e. The lowest BCUT2D eigenvalue weighted by Gasteiger charge is -2.22. The molecule has 0 unspecified atom stereocenters. The fraction of sp³-hybridized carbons (Fsp3) is 0.423. The van der Waals surface area contributed by atoms with E-state index in [1.807, 2.05) is 33.4 Å². The SMILES string of the molecule is CCCCc1c(Cl)n(C2CCCCC2)c(=O)n1Cc1ccc(-c2cccnc2-c2nn[nH]n2)cc1. The number of rotatable bonds is 8. The van der Waals surface area contributed by atoms with Crippen LogP contribution in [-0.4, -0.2) is 34.7 Å². The number of aromatic amines is 1. The van der Waals surface area contributed by atoms with Gasteiger partial charge >= 0.3 is 5.69 Å². The highest BCUT2D eigenvalue weighted by Gasteiger charge is 2.25. The number of nitrogens with one attached hydrogen (secondary N) is 1. The molecular weight excluding hydrogens is 462 g/mol. The first-order chi connectivity index (χ1) is 17.2. The fourth-order valence-corrected chi connectivity index (χ4v) is 5.44. The van der Waals surface area contributed by atoms with E-state index in [-0.39, 0.29) is 11.7 Å². The van der Waals surface area contributed by atoms with Crippen molar-refractivity contribution in [3.8, 4) is 22.6 Å². The molecule has 0 radical (unpaired) electrons. The zero-order chi connectivity index (χ0) is 24.2. The van der Waals surface area contributed by atoms with E-state index in [9.17, 15) is 4.79 Å². The molecule has 3 heterocycles. The summed E-state index contributed by atoms with van der Waals surface area (Å²) in [6, 6.07) is 12.3. The first-order valence-corrected chi connectivity index (χ1v) is 12.8. The second-order valence-electron chi connectivity index (χ2n) is 9.20. The third-order valence-electron chi connectivity index (χ3n) is 6.89. The quantitative estimate of drug-likeness (QED) is 0.354. The molecule has 0 amide bonds. The van der Waals surface area contributed by atoms with Gasteiger partial charge in [-0.2, -0.15) is 5.21 Å². The highest BCUT2D eigenvalue weighted by molar-refractivity contribution is 6.30. The summed E-state index contributed by atoms with van der Waals surface area (Å²) in [5, 5.41) is 14.9. The third kappa shape index (κ3) is 4.80. The van der Waals surface area contributed by atoms with Crippen molar-refractivity contribution in [1.82, 2.24) is 34.7 Å². The smallest absolute Gasteiger partial charge is 0.290 e. The van der Waals surface area contributed by atoms with Crippen molar-refractivity contribution in [1.29, 1.82) is 0 Å². The molecule has 9 heteroatoms. The molecule has 0 saturated heterocycles. The van der Waals surface area contributed by atoms with Crippen LogP contribution in [0.15, 0.2) is 47.4 Å². The van der Waals surface area contributed by atoms with Gasteiger partial charge < -0.3 is 0 Å². The summed E-state index contributed by atoms with van der Waals surface area (Å²) < 4.78 is 3.75. The number of unbranched alkanes of at least 4 members (excludes halogenated alkanes) is 1. The Morgan fingerprint density at radius 3 is 2.63 bits per heavy atom. The summed E-state index contributed by atoms with van der Waals surface area (Å²) in [5.74, 6) is 0.454. The Morgan fingerprint density at radius 2 is 1.91 bits per heavy atom. The molecule has 1 aromatic carbocycles. The van der Waals surface area contributed by atoms with E-state index in [4.69, 9.17) is 11.6 Å². The summed E-state index contributed by atoms with van der Waals surface area (Å²) in [4.78, 5) is 18.0. The number of tetrazole rings is 1. The van der Waals surface area contributed by atoms with Gasteiger partial charge in [0, 0.05) is 17.8 Å². The Kier molecular flexibility index (Phi) is 7.08. The van der Waals surface area contributed by atoms with Crippen LogP contribution in [0, 0.1) is 0 Å². The molecule has 182 valence electrons. The minimum atomic E-state index is 0.0173. The summed E-state index contributed by atoms with van der Waals surface area (Å²) in [7, 11) is 0. The van der Waals surface area contributed by atoms with Gasteiger partial charge in [0.2, 0.25) is 5.82 Å². The van der Waals surface area contributed by atoms with Crippen LogP contribution in [0.2, 0.25) is 5.15 Å². The van der Waals surface area contributed by atoms with Gasteiger partial charge in [-0.25, -0.2) is 4.79 Å². The Morgan fingerprint density at radius 1 is 1.11 bits per heavy atom. The summed E-state index contributed by atoms with van der Waals surface area (Å²) in [6.07, 6.45) is 10.2. The van der Waals surface area contributed by atoms with Crippen LogP contribution in [0.25, 0.3) is 22.6 Å². The molecule has 8 nitrogen and oxygen atoms in total. The highest BCUT2D eigenvalue weighted by atomic mass is 35.5. The summed E-state index contributed by atoms with van der Waals surface area (Å²) >= 11 is 6.86. The average Bonchev–Trinajstić information content (AvgIpc) is 3.51. The number of H-pyrrole nitrogens is 1. The standard InChI is InChI=1S/C26H30ClN7O/c1-2-3-11-22-24(27)34(20-8-5-4-6-9-20)26(35)33(22)17-18-12-14-19(15-13-18)21-10-7-16-28-23(21)25-29-31-32-30-25/h7,10,12-16,20H,2-6,8-9,11,17H2,1H3,(H,29,30,31,32). The van der Waals surface area contributed by atoms with Gasteiger partial charge in [-0.3, -0.25) is 14.1 Å². The van der Waals surface area contributed by atoms with E-state index in [1.54, 1.807) is 6.20 Å². The molecule has 35 heavy (non-hydrogen) atoms. The molecular formula is C26H30ClN7O.